The predicted molar refractivity (Wildman–Crippen MR) is 129 cm³/mol. The van der Waals surface area contributed by atoms with Crippen LogP contribution in [0, 0.1) is 0 Å². The van der Waals surface area contributed by atoms with Gasteiger partial charge in [-0.3, -0.25) is 0 Å². The minimum atomic E-state index is -0.289. The van der Waals surface area contributed by atoms with Crippen molar-refractivity contribution in [1.82, 2.24) is 9.55 Å². The fourth-order valence-corrected chi connectivity index (χ4v) is 4.33. The maximum absolute atomic E-state index is 6.11. The second kappa shape index (κ2) is 9.61. The van der Waals surface area contributed by atoms with E-state index >= 15 is 0 Å². The summed E-state index contributed by atoms with van der Waals surface area (Å²) in [5.41, 5.74) is 5.11. The summed E-state index contributed by atoms with van der Waals surface area (Å²) >= 11 is 0. The molecule has 0 spiro atoms. The topological polar surface area (TPSA) is 45.5 Å². The first-order valence-corrected chi connectivity index (χ1v) is 11.3. The first-order valence-electron chi connectivity index (χ1n) is 11.3. The molecule has 0 aliphatic carbocycles. The largest absolute Gasteiger partial charge is 0.489 e. The first-order chi connectivity index (χ1) is 16.3. The average molecular weight is 441 g/mol. The highest BCUT2D eigenvalue weighted by Gasteiger charge is 2.34. The summed E-state index contributed by atoms with van der Waals surface area (Å²) in [6, 6.07) is 26.8. The third-order valence-corrected chi connectivity index (χ3v) is 6.34. The van der Waals surface area contributed by atoms with Gasteiger partial charge in [0.05, 0.1) is 17.6 Å². The lowest BCUT2D eigenvalue weighted by atomic mass is 9.86. The Bertz CT molecular complexity index is 1180. The van der Waals surface area contributed by atoms with Gasteiger partial charge in [-0.2, -0.15) is 0 Å². The molecule has 168 valence electrons. The van der Waals surface area contributed by atoms with E-state index in [1.807, 2.05) is 47.4 Å². The van der Waals surface area contributed by atoms with Gasteiger partial charge in [-0.15, -0.1) is 0 Å². The molecule has 1 fully saturated rings. The van der Waals surface area contributed by atoms with E-state index in [1.54, 1.807) is 7.11 Å². The SMILES string of the molecule is COC1(c2cccc(OCc3ccc(-n4cnc(-c5ccccc5)c4)cc3)c2)CCOCC1. The molecule has 5 rings (SSSR count). The summed E-state index contributed by atoms with van der Waals surface area (Å²) in [6.07, 6.45) is 5.61. The second-order valence-corrected chi connectivity index (χ2v) is 8.33. The molecule has 0 N–H and O–H groups in total. The van der Waals surface area contributed by atoms with Crippen LogP contribution in [0.1, 0.15) is 24.0 Å². The molecule has 0 atom stereocenters. The normalized spacial score (nSPS) is 15.3. The molecule has 2 heterocycles. The Hall–Kier alpha value is -3.41. The third kappa shape index (κ3) is 4.70. The van der Waals surface area contributed by atoms with Gasteiger partial charge < -0.3 is 18.8 Å². The van der Waals surface area contributed by atoms with Crippen molar-refractivity contribution in [3.63, 3.8) is 0 Å². The Kier molecular flexibility index (Phi) is 6.24. The molecule has 33 heavy (non-hydrogen) atoms. The van der Waals surface area contributed by atoms with Crippen LogP contribution in [0.4, 0.5) is 0 Å². The van der Waals surface area contributed by atoms with Crippen LogP contribution < -0.4 is 4.74 Å². The quantitative estimate of drug-likeness (QED) is 0.366. The van der Waals surface area contributed by atoms with Gasteiger partial charge in [0.15, 0.2) is 0 Å². The van der Waals surface area contributed by atoms with Crippen LogP contribution in [0.15, 0.2) is 91.4 Å². The first kappa shape index (κ1) is 21.4. The van der Waals surface area contributed by atoms with E-state index in [0.29, 0.717) is 6.61 Å². The second-order valence-electron chi connectivity index (χ2n) is 8.33. The van der Waals surface area contributed by atoms with Gasteiger partial charge in [-0.1, -0.05) is 54.6 Å². The van der Waals surface area contributed by atoms with Gasteiger partial charge in [-0.25, -0.2) is 4.98 Å². The number of rotatable bonds is 7. The lowest BCUT2D eigenvalue weighted by molar-refractivity contribution is -0.0948. The number of nitrogens with zero attached hydrogens (tertiary/aromatic N) is 2. The molecule has 0 unspecified atom stereocenters. The molecule has 0 amide bonds. The van der Waals surface area contributed by atoms with Crippen molar-refractivity contribution in [2.75, 3.05) is 20.3 Å². The maximum atomic E-state index is 6.11. The van der Waals surface area contributed by atoms with Crippen LogP contribution in [-0.4, -0.2) is 29.9 Å². The van der Waals surface area contributed by atoms with Crippen molar-refractivity contribution in [1.29, 1.82) is 0 Å². The molecule has 4 aromatic rings. The molecule has 1 aliphatic rings. The fourth-order valence-electron chi connectivity index (χ4n) is 4.33. The van der Waals surface area contributed by atoms with Gasteiger partial charge in [0, 0.05) is 50.6 Å². The number of aromatic nitrogens is 2. The summed E-state index contributed by atoms with van der Waals surface area (Å²) in [6.45, 7) is 1.94. The van der Waals surface area contributed by atoms with E-state index in [2.05, 4.69) is 53.5 Å². The number of ether oxygens (including phenoxy) is 3. The molecule has 5 heteroatoms. The Morgan fingerprint density at radius 1 is 0.939 bits per heavy atom. The summed E-state index contributed by atoms with van der Waals surface area (Å²) < 4.78 is 19.6. The van der Waals surface area contributed by atoms with Crippen molar-refractivity contribution in [2.45, 2.75) is 25.0 Å². The molecular formula is C28H28N2O3. The van der Waals surface area contributed by atoms with E-state index in [-0.39, 0.29) is 5.60 Å². The smallest absolute Gasteiger partial charge is 0.120 e. The number of benzene rings is 3. The molecule has 3 aromatic carbocycles. The van der Waals surface area contributed by atoms with Crippen LogP contribution >= 0.6 is 0 Å². The summed E-state index contributed by atoms with van der Waals surface area (Å²) in [7, 11) is 1.78. The fraction of sp³-hybridized carbons (Fsp3) is 0.250. The lowest BCUT2D eigenvalue weighted by Crippen LogP contribution is -2.35. The zero-order valence-electron chi connectivity index (χ0n) is 18.8. The molecule has 1 aromatic heterocycles. The van der Waals surface area contributed by atoms with Crippen LogP contribution in [0.3, 0.4) is 0 Å². The molecular weight excluding hydrogens is 412 g/mol. The maximum Gasteiger partial charge on any atom is 0.120 e. The van der Waals surface area contributed by atoms with E-state index in [9.17, 15) is 0 Å². The molecule has 0 bridgehead atoms. The summed E-state index contributed by atoms with van der Waals surface area (Å²) in [5.74, 6) is 0.849. The van der Waals surface area contributed by atoms with Crippen LogP contribution in [0.2, 0.25) is 0 Å². The number of hydrogen-bond acceptors (Lipinski definition) is 4. The highest BCUT2D eigenvalue weighted by molar-refractivity contribution is 5.58. The minimum absolute atomic E-state index is 0.289. The molecule has 1 aliphatic heterocycles. The number of methoxy groups -OCH3 is 1. The summed E-state index contributed by atoms with van der Waals surface area (Å²) in [4.78, 5) is 4.54. The van der Waals surface area contributed by atoms with E-state index in [0.717, 1.165) is 59.9 Å². The van der Waals surface area contributed by atoms with Crippen LogP contribution in [-0.2, 0) is 21.7 Å². The zero-order valence-corrected chi connectivity index (χ0v) is 18.8. The van der Waals surface area contributed by atoms with Crippen molar-refractivity contribution < 1.29 is 14.2 Å². The van der Waals surface area contributed by atoms with E-state index in [1.165, 1.54) is 0 Å². The van der Waals surface area contributed by atoms with Gasteiger partial charge in [-0.05, 0) is 35.4 Å². The summed E-state index contributed by atoms with van der Waals surface area (Å²) in [5, 5.41) is 0. The predicted octanol–water partition coefficient (Wildman–Crippen LogP) is 5.77. The molecule has 0 radical (unpaired) electrons. The third-order valence-electron chi connectivity index (χ3n) is 6.34. The Balaban J connectivity index is 1.25. The van der Waals surface area contributed by atoms with Crippen molar-refractivity contribution in [3.05, 3.63) is 103 Å². The van der Waals surface area contributed by atoms with Gasteiger partial charge >= 0.3 is 0 Å². The highest BCUT2D eigenvalue weighted by Crippen LogP contribution is 2.37. The highest BCUT2D eigenvalue weighted by atomic mass is 16.5. The minimum Gasteiger partial charge on any atom is -0.489 e. The van der Waals surface area contributed by atoms with Crippen molar-refractivity contribution >= 4 is 0 Å². The molecule has 0 saturated carbocycles. The lowest BCUT2D eigenvalue weighted by Gasteiger charge is -2.36. The monoisotopic (exact) mass is 440 g/mol. The van der Waals surface area contributed by atoms with Crippen LogP contribution in [0.25, 0.3) is 16.9 Å². The molecule has 1 saturated heterocycles. The standard InChI is InChI=1S/C28H28N2O3/c1-31-28(14-16-32-17-15-28)24-8-5-9-26(18-24)33-20-22-10-12-25(13-11-22)30-19-27(29-21-30)23-6-3-2-4-7-23/h2-13,18-19,21H,14-17,20H2,1H3. The molecule has 5 nitrogen and oxygen atoms in total. The Morgan fingerprint density at radius 3 is 2.48 bits per heavy atom. The number of imidazole rings is 1. The van der Waals surface area contributed by atoms with Gasteiger partial charge in [0.2, 0.25) is 0 Å². The number of hydrogen-bond donors (Lipinski definition) is 0. The van der Waals surface area contributed by atoms with Crippen LogP contribution in [0.5, 0.6) is 5.75 Å². The van der Waals surface area contributed by atoms with E-state index < -0.39 is 0 Å². The van der Waals surface area contributed by atoms with Gasteiger partial charge in [0.1, 0.15) is 12.4 Å². The van der Waals surface area contributed by atoms with E-state index in [4.69, 9.17) is 14.2 Å². The van der Waals surface area contributed by atoms with Crippen molar-refractivity contribution in [2.24, 2.45) is 0 Å². The average Bonchev–Trinajstić information content (AvgIpc) is 3.39. The zero-order chi connectivity index (χ0) is 22.5. The van der Waals surface area contributed by atoms with Crippen molar-refractivity contribution in [3.8, 4) is 22.7 Å². The Labute approximate surface area is 194 Å². The van der Waals surface area contributed by atoms with Gasteiger partial charge in [0.25, 0.3) is 0 Å². The Morgan fingerprint density at radius 2 is 1.73 bits per heavy atom.